The van der Waals surface area contributed by atoms with Crippen molar-refractivity contribution in [1.82, 2.24) is 0 Å². The average molecular weight is 316 g/mol. The predicted octanol–water partition coefficient (Wildman–Crippen LogP) is 2.70. The number of rotatable bonds is 10. The first-order valence-electron chi connectivity index (χ1n) is 7.53. The molecule has 0 aliphatic rings. The molecule has 1 aromatic carbocycles. The van der Waals surface area contributed by atoms with Gasteiger partial charge in [-0.3, -0.25) is 4.99 Å². The number of nitrogens with two attached hydrogens (primary N) is 1. The molecule has 1 rings (SSSR count). The summed E-state index contributed by atoms with van der Waals surface area (Å²) in [5, 5.41) is 9.09. The van der Waals surface area contributed by atoms with Crippen LogP contribution in [-0.2, 0) is 11.2 Å². The monoisotopic (exact) mass is 316 g/mol. The Balaban J connectivity index is 2.84. The second kappa shape index (κ2) is 10.3. The van der Waals surface area contributed by atoms with Gasteiger partial charge in [0.2, 0.25) is 0 Å². The van der Waals surface area contributed by atoms with Crippen molar-refractivity contribution in [2.24, 2.45) is 10.7 Å². The Morgan fingerprint density at radius 2 is 2.30 bits per heavy atom. The predicted molar refractivity (Wildman–Crippen MR) is 94.1 cm³/mol. The smallest absolute Gasteiger partial charge is 0.328 e. The van der Waals surface area contributed by atoms with Crippen LogP contribution in [0.4, 0.5) is 0 Å². The van der Waals surface area contributed by atoms with E-state index in [1.54, 1.807) is 13.2 Å². The molecule has 0 aromatic heterocycles. The van der Waals surface area contributed by atoms with Crippen molar-refractivity contribution >= 4 is 18.3 Å². The molecular formula is C18H24N2O3. The van der Waals surface area contributed by atoms with Gasteiger partial charge in [0.1, 0.15) is 11.8 Å². The van der Waals surface area contributed by atoms with Gasteiger partial charge in [0.05, 0.1) is 7.11 Å². The molecule has 1 aromatic rings. The number of allylic oxidation sites excluding steroid dienone is 2. The van der Waals surface area contributed by atoms with Crippen LogP contribution in [0.25, 0.3) is 6.08 Å². The fourth-order valence-electron chi connectivity index (χ4n) is 2.17. The van der Waals surface area contributed by atoms with Gasteiger partial charge >= 0.3 is 5.97 Å². The van der Waals surface area contributed by atoms with Crippen molar-refractivity contribution in [3.63, 3.8) is 0 Å². The first-order valence-corrected chi connectivity index (χ1v) is 7.53. The summed E-state index contributed by atoms with van der Waals surface area (Å²) in [6.45, 7) is 4.20. The van der Waals surface area contributed by atoms with Crippen LogP contribution >= 0.6 is 0 Å². The van der Waals surface area contributed by atoms with E-state index in [4.69, 9.17) is 15.6 Å². The Bertz CT molecular complexity index is 580. The maximum atomic E-state index is 11.1. The summed E-state index contributed by atoms with van der Waals surface area (Å²) in [5.41, 5.74) is 7.36. The zero-order valence-corrected chi connectivity index (χ0v) is 13.4. The zero-order chi connectivity index (χ0) is 17.1. The van der Waals surface area contributed by atoms with Crippen LogP contribution in [0.2, 0.25) is 0 Å². The molecule has 0 radical (unpaired) electrons. The van der Waals surface area contributed by atoms with Crippen LogP contribution in [0.3, 0.4) is 0 Å². The number of aliphatic imine (C=N–C) groups is 1. The van der Waals surface area contributed by atoms with Crippen LogP contribution in [0, 0.1) is 0 Å². The van der Waals surface area contributed by atoms with Crippen molar-refractivity contribution in [2.75, 3.05) is 13.7 Å². The molecule has 0 saturated carbocycles. The minimum Gasteiger partial charge on any atom is -0.496 e. The van der Waals surface area contributed by atoms with E-state index in [1.807, 2.05) is 30.4 Å². The van der Waals surface area contributed by atoms with Gasteiger partial charge in [-0.05, 0) is 43.5 Å². The number of aliphatic carboxylic acids is 1. The van der Waals surface area contributed by atoms with Crippen molar-refractivity contribution < 1.29 is 14.6 Å². The summed E-state index contributed by atoms with van der Waals surface area (Å²) in [4.78, 5) is 15.1. The van der Waals surface area contributed by atoms with Gasteiger partial charge in [-0.1, -0.05) is 24.3 Å². The second-order valence-electron chi connectivity index (χ2n) is 4.97. The Labute approximate surface area is 137 Å². The first kappa shape index (κ1) is 18.6. The van der Waals surface area contributed by atoms with E-state index in [0.29, 0.717) is 19.4 Å². The lowest BCUT2D eigenvalue weighted by molar-refractivity contribution is -0.138. The lowest BCUT2D eigenvalue weighted by atomic mass is 10.1. The molecule has 0 aliphatic heterocycles. The number of hydrogen-bond acceptors (Lipinski definition) is 4. The van der Waals surface area contributed by atoms with Crippen LogP contribution < -0.4 is 10.5 Å². The fourth-order valence-corrected chi connectivity index (χ4v) is 2.17. The molecule has 1 atom stereocenters. The number of para-hydroxylation sites is 1. The highest BCUT2D eigenvalue weighted by atomic mass is 16.5. The summed E-state index contributed by atoms with van der Waals surface area (Å²) in [6, 6.07) is 5.11. The highest BCUT2D eigenvalue weighted by Crippen LogP contribution is 2.25. The Morgan fingerprint density at radius 3 is 2.91 bits per heavy atom. The standard InChI is InChI=1S/C18H24N2O3/c1-3-7-14-8-4-9-15(17(14)23-2)10-6-13-20-16(18(21)22)11-5-12-19/h3-4,6,8-10,13,16H,1,5,7,11-12,19H2,2H3,(H,21,22)/b10-6+,20-13?. The third-order valence-electron chi connectivity index (χ3n) is 3.29. The maximum Gasteiger partial charge on any atom is 0.328 e. The highest BCUT2D eigenvalue weighted by molar-refractivity contribution is 5.83. The summed E-state index contributed by atoms with van der Waals surface area (Å²) >= 11 is 0. The van der Waals surface area contributed by atoms with Gasteiger partial charge in [-0.15, -0.1) is 6.58 Å². The molecule has 0 amide bonds. The van der Waals surface area contributed by atoms with Crippen LogP contribution in [-0.4, -0.2) is 37.0 Å². The summed E-state index contributed by atoms with van der Waals surface area (Å²) in [7, 11) is 1.63. The molecule has 0 heterocycles. The van der Waals surface area contributed by atoms with Gasteiger partial charge in [0, 0.05) is 11.8 Å². The molecule has 0 fully saturated rings. The number of carbonyl (C=O) groups is 1. The zero-order valence-electron chi connectivity index (χ0n) is 13.4. The summed E-state index contributed by atoms with van der Waals surface area (Å²) < 4.78 is 5.45. The van der Waals surface area contributed by atoms with E-state index in [2.05, 4.69) is 11.6 Å². The third-order valence-corrected chi connectivity index (χ3v) is 3.29. The molecule has 23 heavy (non-hydrogen) atoms. The topological polar surface area (TPSA) is 84.9 Å². The molecule has 5 heteroatoms. The summed E-state index contributed by atoms with van der Waals surface area (Å²) in [5.74, 6) is -0.149. The molecule has 0 spiro atoms. The molecule has 124 valence electrons. The lowest BCUT2D eigenvalue weighted by Gasteiger charge is -2.09. The second-order valence-corrected chi connectivity index (χ2v) is 4.97. The van der Waals surface area contributed by atoms with E-state index < -0.39 is 12.0 Å². The minimum absolute atomic E-state index is 0.439. The lowest BCUT2D eigenvalue weighted by Crippen LogP contribution is -2.19. The van der Waals surface area contributed by atoms with Crippen molar-refractivity contribution in [1.29, 1.82) is 0 Å². The minimum atomic E-state index is -0.936. The van der Waals surface area contributed by atoms with Crippen LogP contribution in [0.5, 0.6) is 5.75 Å². The molecule has 1 unspecified atom stereocenters. The molecular weight excluding hydrogens is 292 g/mol. The fraction of sp³-hybridized carbons (Fsp3) is 0.333. The largest absolute Gasteiger partial charge is 0.496 e. The summed E-state index contributed by atoms with van der Waals surface area (Å²) in [6.07, 6.45) is 8.68. The van der Waals surface area contributed by atoms with Gasteiger partial charge in [-0.25, -0.2) is 4.79 Å². The number of carboxylic acids is 1. The third kappa shape index (κ3) is 6.08. The maximum absolute atomic E-state index is 11.1. The quantitative estimate of drug-likeness (QED) is 0.513. The normalized spacial score (nSPS) is 12.6. The van der Waals surface area contributed by atoms with Gasteiger partial charge in [0.15, 0.2) is 0 Å². The molecule has 5 nitrogen and oxygen atoms in total. The van der Waals surface area contributed by atoms with E-state index in [-0.39, 0.29) is 0 Å². The van der Waals surface area contributed by atoms with Gasteiger partial charge in [0.25, 0.3) is 0 Å². The molecule has 0 aliphatic carbocycles. The Hall–Kier alpha value is -2.40. The Morgan fingerprint density at radius 1 is 1.52 bits per heavy atom. The van der Waals surface area contributed by atoms with Crippen molar-refractivity contribution in [2.45, 2.75) is 25.3 Å². The van der Waals surface area contributed by atoms with E-state index in [0.717, 1.165) is 23.3 Å². The highest BCUT2D eigenvalue weighted by Gasteiger charge is 2.13. The SMILES string of the molecule is C=CCc1cccc(/C=C/C=NC(CCCN)C(=O)O)c1OC. The first-order chi connectivity index (χ1) is 11.1. The molecule has 0 bridgehead atoms. The number of nitrogens with zero attached hydrogens (tertiary/aromatic N) is 1. The van der Waals surface area contributed by atoms with Gasteiger partial charge in [-0.2, -0.15) is 0 Å². The average Bonchev–Trinajstić information content (AvgIpc) is 2.54. The number of benzene rings is 1. The van der Waals surface area contributed by atoms with Crippen molar-refractivity contribution in [3.05, 3.63) is 48.1 Å². The number of ether oxygens (including phenoxy) is 1. The number of hydrogen-bond donors (Lipinski definition) is 2. The number of carboxylic acid groups (broad SMARTS) is 1. The number of methoxy groups -OCH3 is 1. The molecule has 0 saturated heterocycles. The van der Waals surface area contributed by atoms with Crippen LogP contribution in [0.15, 0.2) is 41.9 Å². The van der Waals surface area contributed by atoms with Crippen molar-refractivity contribution in [3.8, 4) is 5.75 Å². The Kier molecular flexibility index (Phi) is 8.39. The van der Waals surface area contributed by atoms with Gasteiger partial charge < -0.3 is 15.6 Å². The molecule has 3 N–H and O–H groups in total. The van der Waals surface area contributed by atoms with E-state index in [1.165, 1.54) is 6.21 Å². The van der Waals surface area contributed by atoms with E-state index >= 15 is 0 Å². The van der Waals surface area contributed by atoms with E-state index in [9.17, 15) is 4.79 Å². The van der Waals surface area contributed by atoms with Crippen LogP contribution in [0.1, 0.15) is 24.0 Å².